The smallest absolute Gasteiger partial charge is 0.336 e. The Labute approximate surface area is 243 Å². The van der Waals surface area contributed by atoms with E-state index in [4.69, 9.17) is 13.9 Å². The molecule has 0 saturated carbocycles. The minimum atomic E-state index is -0.531. The number of amides is 1. The first-order valence-corrected chi connectivity index (χ1v) is 13.3. The second-order valence-electron chi connectivity index (χ2n) is 9.40. The average molecular weight is 560 g/mol. The van der Waals surface area contributed by atoms with Crippen molar-refractivity contribution in [3.63, 3.8) is 0 Å². The number of para-hydroxylation sites is 1. The highest BCUT2D eigenvalue weighted by atomic mass is 16.5. The lowest BCUT2D eigenvalue weighted by molar-refractivity contribution is -0.128. The lowest BCUT2D eigenvalue weighted by Gasteiger charge is -2.10. The largest absolute Gasteiger partial charge is 0.486 e. The van der Waals surface area contributed by atoms with Crippen LogP contribution < -0.4 is 14.9 Å². The van der Waals surface area contributed by atoms with E-state index in [0.29, 0.717) is 22.8 Å². The first-order chi connectivity index (χ1) is 20.5. The zero-order valence-corrected chi connectivity index (χ0v) is 23.2. The molecule has 5 aromatic rings. The average Bonchev–Trinajstić information content (AvgIpc) is 3.62. The lowest BCUT2D eigenvalue weighted by Crippen LogP contribution is -2.17. The number of nitrogens with zero attached hydrogens (tertiary/aromatic N) is 2. The summed E-state index contributed by atoms with van der Waals surface area (Å²) in [6, 6.07) is 31.5. The second kappa shape index (κ2) is 13.1. The highest BCUT2D eigenvalue weighted by Gasteiger charge is 2.12. The predicted octanol–water partition coefficient (Wildman–Crippen LogP) is 6.65. The number of ether oxygens (including phenoxy) is 2. The van der Waals surface area contributed by atoms with Crippen molar-refractivity contribution in [2.24, 2.45) is 5.10 Å². The van der Waals surface area contributed by atoms with Crippen molar-refractivity contribution < 1.29 is 23.5 Å². The molecule has 0 fully saturated rings. The van der Waals surface area contributed by atoms with Crippen molar-refractivity contribution in [1.82, 2.24) is 9.99 Å². The summed E-state index contributed by atoms with van der Waals surface area (Å²) in [5.74, 6) is 0.512. The van der Waals surface area contributed by atoms with Gasteiger partial charge in [-0.25, -0.2) is 10.2 Å². The Morgan fingerprint density at radius 1 is 0.857 bits per heavy atom. The van der Waals surface area contributed by atoms with Crippen molar-refractivity contribution in [1.29, 1.82) is 0 Å². The third kappa shape index (κ3) is 7.11. The summed E-state index contributed by atoms with van der Waals surface area (Å²) in [5.41, 5.74) is 7.20. The summed E-state index contributed by atoms with van der Waals surface area (Å²) in [6.07, 6.45) is 4.42. The predicted molar refractivity (Wildman–Crippen MR) is 161 cm³/mol. The van der Waals surface area contributed by atoms with Crippen molar-refractivity contribution in [2.75, 3.05) is 0 Å². The van der Waals surface area contributed by atoms with Gasteiger partial charge in [-0.2, -0.15) is 5.10 Å². The van der Waals surface area contributed by atoms with Gasteiger partial charge in [0.05, 0.1) is 6.21 Å². The minimum Gasteiger partial charge on any atom is -0.486 e. The number of esters is 1. The van der Waals surface area contributed by atoms with Crippen LogP contribution in [0.2, 0.25) is 0 Å². The van der Waals surface area contributed by atoms with Gasteiger partial charge in [0, 0.05) is 28.7 Å². The molecule has 0 atom stereocenters. The lowest BCUT2D eigenvalue weighted by atomic mass is 10.2. The molecule has 2 heterocycles. The van der Waals surface area contributed by atoms with Gasteiger partial charge in [-0.1, -0.05) is 42.5 Å². The fourth-order valence-electron chi connectivity index (χ4n) is 4.27. The molecule has 0 saturated heterocycles. The van der Waals surface area contributed by atoms with Gasteiger partial charge in [0.15, 0.2) is 5.76 Å². The Bertz CT molecular complexity index is 1710. The van der Waals surface area contributed by atoms with Gasteiger partial charge in [-0.3, -0.25) is 4.79 Å². The van der Waals surface area contributed by atoms with Crippen molar-refractivity contribution >= 4 is 24.2 Å². The Hall–Kier alpha value is -5.63. The summed E-state index contributed by atoms with van der Waals surface area (Å²) in [7, 11) is 0. The molecule has 0 aliphatic heterocycles. The number of hydrazone groups is 1. The zero-order chi connectivity index (χ0) is 29.3. The van der Waals surface area contributed by atoms with Crippen LogP contribution in [0, 0.1) is 13.8 Å². The van der Waals surface area contributed by atoms with Gasteiger partial charge in [-0.15, -0.1) is 0 Å². The van der Waals surface area contributed by atoms with Gasteiger partial charge in [-0.05, 0) is 86.2 Å². The number of nitrogens with one attached hydrogen (secondary N) is 1. The third-order valence-electron chi connectivity index (χ3n) is 6.34. The normalized spacial score (nSPS) is 11.2. The van der Waals surface area contributed by atoms with E-state index in [9.17, 15) is 9.59 Å². The summed E-state index contributed by atoms with van der Waals surface area (Å²) in [6.45, 7) is 4.29. The number of rotatable bonds is 10. The van der Waals surface area contributed by atoms with E-state index >= 15 is 0 Å². The monoisotopic (exact) mass is 559 g/mol. The number of furan rings is 1. The Morgan fingerprint density at radius 2 is 1.57 bits per heavy atom. The molecule has 42 heavy (non-hydrogen) atoms. The maximum absolute atomic E-state index is 12.6. The zero-order valence-electron chi connectivity index (χ0n) is 23.2. The quantitative estimate of drug-likeness (QED) is 0.0680. The summed E-state index contributed by atoms with van der Waals surface area (Å²) < 4.78 is 19.1. The molecule has 0 aliphatic rings. The van der Waals surface area contributed by atoms with E-state index in [-0.39, 0.29) is 12.4 Å². The van der Waals surface area contributed by atoms with E-state index in [1.807, 2.05) is 54.6 Å². The fraction of sp³-hybridized carbons (Fsp3) is 0.0882. The van der Waals surface area contributed by atoms with Crippen LogP contribution >= 0.6 is 0 Å². The van der Waals surface area contributed by atoms with Gasteiger partial charge in [0.2, 0.25) is 0 Å². The maximum Gasteiger partial charge on any atom is 0.336 e. The molecule has 0 aliphatic carbocycles. The number of carbonyl (C=O) groups excluding carboxylic acids is 2. The molecule has 2 aromatic heterocycles. The molecule has 0 bridgehead atoms. The molecule has 8 heteroatoms. The molecule has 0 spiro atoms. The fourth-order valence-corrected chi connectivity index (χ4v) is 4.27. The molecule has 5 rings (SSSR count). The third-order valence-corrected chi connectivity index (χ3v) is 6.34. The number of benzene rings is 3. The molecule has 210 valence electrons. The van der Waals surface area contributed by atoms with E-state index in [1.54, 1.807) is 42.5 Å². The highest BCUT2D eigenvalue weighted by molar-refractivity contribution is 5.94. The molecule has 1 N–H and O–H groups in total. The van der Waals surface area contributed by atoms with E-state index < -0.39 is 11.9 Å². The molecule has 0 unspecified atom stereocenters. The van der Waals surface area contributed by atoms with E-state index in [2.05, 4.69) is 41.1 Å². The van der Waals surface area contributed by atoms with Gasteiger partial charge in [0.25, 0.3) is 0 Å². The SMILES string of the molecule is Cc1ccc(C)n1-c1ccc(OCc2ccc(C(=O)N/N=C\c3ccccc3OC(=O)/C=C/c3ccccc3)o2)cc1. The van der Waals surface area contributed by atoms with Crippen molar-refractivity contribution in [3.8, 4) is 17.2 Å². The number of hydrogen-bond acceptors (Lipinski definition) is 6. The maximum atomic E-state index is 12.6. The van der Waals surface area contributed by atoms with Gasteiger partial charge < -0.3 is 18.5 Å². The Morgan fingerprint density at radius 3 is 2.33 bits per heavy atom. The van der Waals surface area contributed by atoms with Crippen LogP contribution in [-0.2, 0) is 11.4 Å². The topological polar surface area (TPSA) is 95.1 Å². The minimum absolute atomic E-state index is 0.0884. The van der Waals surface area contributed by atoms with Crippen molar-refractivity contribution in [2.45, 2.75) is 20.5 Å². The molecule has 0 radical (unpaired) electrons. The molecular formula is C34H29N3O5. The van der Waals surface area contributed by atoms with Crippen LogP contribution in [0.4, 0.5) is 0 Å². The standard InChI is InChI=1S/C34H29N3O5/c1-24-12-13-25(2)37(24)28-15-17-29(18-16-28)40-23-30-19-20-32(41-30)34(39)36-35-22-27-10-6-7-11-31(27)42-33(38)21-14-26-8-4-3-5-9-26/h3-22H,23H2,1-2H3,(H,36,39)/b21-14+,35-22-. The first kappa shape index (κ1) is 27.9. The Kier molecular flexibility index (Phi) is 8.74. The first-order valence-electron chi connectivity index (χ1n) is 13.3. The molecule has 3 aromatic carbocycles. The van der Waals surface area contributed by atoms with Crippen LogP contribution in [0.25, 0.3) is 11.8 Å². The summed E-state index contributed by atoms with van der Waals surface area (Å²) in [4.78, 5) is 24.8. The summed E-state index contributed by atoms with van der Waals surface area (Å²) >= 11 is 0. The second-order valence-corrected chi connectivity index (χ2v) is 9.40. The van der Waals surface area contributed by atoms with Crippen LogP contribution in [0.1, 0.15) is 38.8 Å². The number of carbonyl (C=O) groups is 2. The van der Waals surface area contributed by atoms with Crippen molar-refractivity contribution in [3.05, 3.63) is 143 Å². The van der Waals surface area contributed by atoms with Gasteiger partial charge in [0.1, 0.15) is 23.9 Å². The van der Waals surface area contributed by atoms with Crippen LogP contribution in [0.5, 0.6) is 11.5 Å². The number of aromatic nitrogens is 1. The molecular weight excluding hydrogens is 530 g/mol. The molecule has 8 nitrogen and oxygen atoms in total. The number of aryl methyl sites for hydroxylation is 2. The molecule has 1 amide bonds. The number of hydrogen-bond donors (Lipinski definition) is 1. The van der Waals surface area contributed by atoms with Crippen LogP contribution in [0.3, 0.4) is 0 Å². The Balaban J connectivity index is 1.13. The highest BCUT2D eigenvalue weighted by Crippen LogP contribution is 2.21. The van der Waals surface area contributed by atoms with E-state index in [0.717, 1.165) is 22.6 Å². The van der Waals surface area contributed by atoms with Gasteiger partial charge >= 0.3 is 11.9 Å². The van der Waals surface area contributed by atoms with Crippen LogP contribution in [-0.4, -0.2) is 22.7 Å². The van der Waals surface area contributed by atoms with Crippen LogP contribution in [0.15, 0.2) is 119 Å². The summed E-state index contributed by atoms with van der Waals surface area (Å²) in [5, 5.41) is 4.00. The van der Waals surface area contributed by atoms with E-state index in [1.165, 1.54) is 12.3 Å².